The van der Waals surface area contributed by atoms with E-state index in [9.17, 15) is 4.79 Å². The Bertz CT molecular complexity index is 526. The van der Waals surface area contributed by atoms with Gasteiger partial charge in [-0.05, 0) is 22.9 Å². The van der Waals surface area contributed by atoms with Gasteiger partial charge in [-0.3, -0.25) is 4.79 Å². The second kappa shape index (κ2) is 2.70. The summed E-state index contributed by atoms with van der Waals surface area (Å²) < 4.78 is 2.35. The molecule has 2 heterocycles. The van der Waals surface area contributed by atoms with Crippen molar-refractivity contribution in [3.05, 3.63) is 26.8 Å². The highest BCUT2D eigenvalue weighted by atomic mass is 79.9. The van der Waals surface area contributed by atoms with Gasteiger partial charge >= 0.3 is 0 Å². The lowest BCUT2D eigenvalue weighted by Crippen LogP contribution is -2.16. The second-order valence-corrected chi connectivity index (χ2v) is 3.79. The largest absolute Gasteiger partial charge is 0.338 e. The molecular formula is C8H8BrN3O. The van der Waals surface area contributed by atoms with E-state index in [1.54, 1.807) is 13.2 Å². The number of aryl methyl sites for hydroxylation is 2. The average molecular weight is 242 g/mol. The molecule has 2 aromatic rings. The average Bonchev–Trinajstić information content (AvgIpc) is 2.44. The molecular weight excluding hydrogens is 234 g/mol. The Morgan fingerprint density at radius 1 is 1.62 bits per heavy atom. The zero-order valence-electron chi connectivity index (χ0n) is 7.26. The van der Waals surface area contributed by atoms with Crippen LogP contribution in [0.1, 0.15) is 5.82 Å². The van der Waals surface area contributed by atoms with Crippen molar-refractivity contribution in [2.24, 2.45) is 7.05 Å². The van der Waals surface area contributed by atoms with Crippen molar-refractivity contribution in [1.29, 1.82) is 0 Å². The molecule has 1 N–H and O–H groups in total. The van der Waals surface area contributed by atoms with Crippen LogP contribution in [0.3, 0.4) is 0 Å². The Labute approximate surface area is 82.7 Å². The van der Waals surface area contributed by atoms with Crippen molar-refractivity contribution in [3.8, 4) is 0 Å². The van der Waals surface area contributed by atoms with Gasteiger partial charge in [-0.25, -0.2) is 4.98 Å². The summed E-state index contributed by atoms with van der Waals surface area (Å²) in [5.74, 6) is 0.749. The first-order valence-electron chi connectivity index (χ1n) is 3.81. The summed E-state index contributed by atoms with van der Waals surface area (Å²) in [6.45, 7) is 1.83. The lowest BCUT2D eigenvalue weighted by molar-refractivity contribution is 0.866. The standard InChI is InChI=1S/C8H8BrN3O/c1-4-10-6-5(9)3-12(2)8(13)7(6)11-4/h3H,1-2H3,(H,10,11). The fourth-order valence-electron chi connectivity index (χ4n) is 1.29. The van der Waals surface area contributed by atoms with Crippen LogP contribution in [0.15, 0.2) is 15.5 Å². The van der Waals surface area contributed by atoms with E-state index in [4.69, 9.17) is 0 Å². The Morgan fingerprint density at radius 3 is 3.00 bits per heavy atom. The number of nitrogens with one attached hydrogen (secondary N) is 1. The molecule has 0 aromatic carbocycles. The predicted octanol–water partition coefficient (Wildman–Crippen LogP) is 1.33. The van der Waals surface area contributed by atoms with Crippen molar-refractivity contribution >= 4 is 27.0 Å². The van der Waals surface area contributed by atoms with E-state index in [1.165, 1.54) is 4.57 Å². The summed E-state index contributed by atoms with van der Waals surface area (Å²) in [5, 5.41) is 0. The molecule has 2 aromatic heterocycles. The molecule has 0 saturated heterocycles. The zero-order chi connectivity index (χ0) is 9.59. The number of H-pyrrole nitrogens is 1. The van der Waals surface area contributed by atoms with Gasteiger partial charge in [0.1, 0.15) is 16.9 Å². The number of halogens is 1. The Morgan fingerprint density at radius 2 is 2.31 bits per heavy atom. The van der Waals surface area contributed by atoms with Crippen LogP contribution >= 0.6 is 15.9 Å². The fourth-order valence-corrected chi connectivity index (χ4v) is 1.88. The third-order valence-electron chi connectivity index (χ3n) is 1.89. The van der Waals surface area contributed by atoms with Crippen LogP contribution in [-0.2, 0) is 7.05 Å². The van der Waals surface area contributed by atoms with Gasteiger partial charge in [-0.15, -0.1) is 0 Å². The zero-order valence-corrected chi connectivity index (χ0v) is 8.84. The van der Waals surface area contributed by atoms with E-state index < -0.39 is 0 Å². The van der Waals surface area contributed by atoms with Crippen LogP contribution in [0.5, 0.6) is 0 Å². The monoisotopic (exact) mass is 241 g/mol. The van der Waals surface area contributed by atoms with Crippen LogP contribution in [0, 0.1) is 6.92 Å². The highest BCUT2D eigenvalue weighted by Crippen LogP contribution is 2.17. The topological polar surface area (TPSA) is 50.7 Å². The van der Waals surface area contributed by atoms with Gasteiger partial charge < -0.3 is 9.55 Å². The van der Waals surface area contributed by atoms with Crippen molar-refractivity contribution < 1.29 is 0 Å². The number of rotatable bonds is 0. The Kier molecular flexibility index (Phi) is 1.76. The second-order valence-electron chi connectivity index (χ2n) is 2.94. The lowest BCUT2D eigenvalue weighted by Gasteiger charge is -1.97. The van der Waals surface area contributed by atoms with Gasteiger partial charge in [-0.1, -0.05) is 0 Å². The summed E-state index contributed by atoms with van der Waals surface area (Å²) >= 11 is 3.35. The molecule has 0 atom stereocenters. The van der Waals surface area contributed by atoms with E-state index in [-0.39, 0.29) is 5.56 Å². The van der Waals surface area contributed by atoms with E-state index in [1.807, 2.05) is 6.92 Å². The third kappa shape index (κ3) is 1.19. The van der Waals surface area contributed by atoms with Crippen LogP contribution in [0.25, 0.3) is 11.0 Å². The number of hydrogen-bond donors (Lipinski definition) is 1. The van der Waals surface area contributed by atoms with Crippen LogP contribution in [0.2, 0.25) is 0 Å². The number of aromatic amines is 1. The van der Waals surface area contributed by atoms with Gasteiger partial charge in [0.15, 0.2) is 0 Å². The number of pyridine rings is 1. The van der Waals surface area contributed by atoms with Crippen molar-refractivity contribution in [2.75, 3.05) is 0 Å². The first-order valence-corrected chi connectivity index (χ1v) is 4.60. The first kappa shape index (κ1) is 8.50. The van der Waals surface area contributed by atoms with Crippen molar-refractivity contribution in [3.63, 3.8) is 0 Å². The van der Waals surface area contributed by atoms with Gasteiger partial charge in [0.2, 0.25) is 0 Å². The molecule has 0 saturated carbocycles. The van der Waals surface area contributed by atoms with Crippen LogP contribution in [0.4, 0.5) is 0 Å². The fraction of sp³-hybridized carbons (Fsp3) is 0.250. The van der Waals surface area contributed by atoms with Crippen LogP contribution < -0.4 is 5.56 Å². The first-order chi connectivity index (χ1) is 6.09. The van der Waals surface area contributed by atoms with Crippen LogP contribution in [-0.4, -0.2) is 14.5 Å². The molecule has 13 heavy (non-hydrogen) atoms. The lowest BCUT2D eigenvalue weighted by atomic mass is 10.4. The molecule has 0 aliphatic rings. The molecule has 0 fully saturated rings. The van der Waals surface area contributed by atoms with Gasteiger partial charge in [0.05, 0.1) is 4.47 Å². The molecule has 68 valence electrons. The number of nitrogens with zero attached hydrogens (tertiary/aromatic N) is 2. The molecule has 4 nitrogen and oxygen atoms in total. The van der Waals surface area contributed by atoms with E-state index in [0.29, 0.717) is 11.0 Å². The van der Waals surface area contributed by atoms with Crippen molar-refractivity contribution in [2.45, 2.75) is 6.92 Å². The molecule has 5 heteroatoms. The smallest absolute Gasteiger partial charge is 0.276 e. The normalized spacial score (nSPS) is 11.0. The third-order valence-corrected chi connectivity index (χ3v) is 2.47. The minimum Gasteiger partial charge on any atom is -0.338 e. The highest BCUT2D eigenvalue weighted by molar-refractivity contribution is 9.10. The number of fused-ring (bicyclic) bond motifs is 1. The number of imidazole rings is 1. The number of hydrogen-bond acceptors (Lipinski definition) is 2. The van der Waals surface area contributed by atoms with E-state index in [0.717, 1.165) is 10.3 Å². The quantitative estimate of drug-likeness (QED) is 0.757. The summed E-state index contributed by atoms with van der Waals surface area (Å²) in [5.41, 5.74) is 1.19. The van der Waals surface area contributed by atoms with Gasteiger partial charge in [-0.2, -0.15) is 0 Å². The maximum atomic E-state index is 11.6. The minimum atomic E-state index is -0.0567. The number of aromatic nitrogens is 3. The summed E-state index contributed by atoms with van der Waals surface area (Å²) in [6.07, 6.45) is 1.71. The van der Waals surface area contributed by atoms with E-state index >= 15 is 0 Å². The SMILES string of the molecule is Cc1nc2c(Br)cn(C)c(=O)c2[nH]1. The molecule has 0 radical (unpaired) electrons. The minimum absolute atomic E-state index is 0.0567. The van der Waals surface area contributed by atoms with Gasteiger partial charge in [0.25, 0.3) is 5.56 Å². The molecule has 0 unspecified atom stereocenters. The molecule has 2 rings (SSSR count). The maximum absolute atomic E-state index is 11.6. The molecule has 0 aliphatic heterocycles. The highest BCUT2D eigenvalue weighted by Gasteiger charge is 2.08. The van der Waals surface area contributed by atoms with E-state index in [2.05, 4.69) is 25.9 Å². The Hall–Kier alpha value is -1.10. The predicted molar refractivity (Wildman–Crippen MR) is 53.8 cm³/mol. The summed E-state index contributed by atoms with van der Waals surface area (Å²) in [6, 6.07) is 0. The maximum Gasteiger partial charge on any atom is 0.276 e. The molecule has 0 aliphatic carbocycles. The molecule has 0 spiro atoms. The summed E-state index contributed by atoms with van der Waals surface area (Å²) in [7, 11) is 1.71. The summed E-state index contributed by atoms with van der Waals surface area (Å²) in [4.78, 5) is 18.7. The van der Waals surface area contributed by atoms with Crippen molar-refractivity contribution in [1.82, 2.24) is 14.5 Å². The van der Waals surface area contributed by atoms with Gasteiger partial charge in [0, 0.05) is 13.2 Å². The molecule has 0 amide bonds. The Balaban J connectivity index is 3.04. The molecule has 0 bridgehead atoms.